The number of aromatic hydroxyl groups is 1. The van der Waals surface area contributed by atoms with Gasteiger partial charge in [-0.2, -0.15) is 0 Å². The topological polar surface area (TPSA) is 37.3 Å². The van der Waals surface area contributed by atoms with Crippen molar-refractivity contribution in [2.75, 3.05) is 0 Å². The van der Waals surface area contributed by atoms with Gasteiger partial charge in [0.25, 0.3) is 0 Å². The fourth-order valence-electron chi connectivity index (χ4n) is 1.35. The van der Waals surface area contributed by atoms with Crippen molar-refractivity contribution in [2.45, 2.75) is 0 Å². The molecule has 0 fully saturated rings. The normalized spacial score (nSPS) is 11.0. The quantitative estimate of drug-likeness (QED) is 0.602. The smallest absolute Gasteiger partial charge is 0.195 e. The number of carbonyl (C=O) groups is 1. The van der Waals surface area contributed by atoms with E-state index in [0.29, 0.717) is 10.4 Å². The average Bonchev–Trinajstić information content (AvgIpc) is 2.77. The summed E-state index contributed by atoms with van der Waals surface area (Å²) in [6, 6.07) is 8.68. The SMILES string of the molecule is O=C(C=Cc1cc(Br)ccc1O)c1ccc(Br)s1. The molecular formula is C13H8Br2O2S. The van der Waals surface area contributed by atoms with Gasteiger partial charge in [-0.05, 0) is 58.4 Å². The van der Waals surface area contributed by atoms with E-state index >= 15 is 0 Å². The molecule has 0 aliphatic rings. The summed E-state index contributed by atoms with van der Waals surface area (Å²) in [6.45, 7) is 0. The predicted octanol–water partition coefficient (Wildman–Crippen LogP) is 4.87. The van der Waals surface area contributed by atoms with Gasteiger partial charge in [0.05, 0.1) is 8.66 Å². The second-order valence-corrected chi connectivity index (χ2v) is 6.88. The zero-order valence-corrected chi connectivity index (χ0v) is 13.0. The van der Waals surface area contributed by atoms with Crippen LogP contribution in [0.3, 0.4) is 0 Å². The maximum Gasteiger partial charge on any atom is 0.195 e. The molecule has 0 amide bonds. The van der Waals surface area contributed by atoms with Gasteiger partial charge in [0.2, 0.25) is 0 Å². The number of hydrogen-bond acceptors (Lipinski definition) is 3. The standard InChI is InChI=1S/C13H8Br2O2S/c14-9-2-4-10(16)8(7-9)1-3-11(17)12-5-6-13(15)18-12/h1-7,16H. The van der Waals surface area contributed by atoms with Gasteiger partial charge in [0.1, 0.15) is 5.75 Å². The fourth-order valence-corrected chi connectivity index (χ4v) is 3.04. The van der Waals surface area contributed by atoms with Crippen LogP contribution >= 0.6 is 43.2 Å². The van der Waals surface area contributed by atoms with Crippen molar-refractivity contribution in [2.24, 2.45) is 0 Å². The summed E-state index contributed by atoms with van der Waals surface area (Å²) in [4.78, 5) is 12.5. The molecule has 2 rings (SSSR count). The minimum atomic E-state index is -0.0786. The molecule has 5 heteroatoms. The van der Waals surface area contributed by atoms with Gasteiger partial charge in [-0.1, -0.05) is 15.9 Å². The van der Waals surface area contributed by atoms with Crippen molar-refractivity contribution in [3.63, 3.8) is 0 Å². The predicted molar refractivity (Wildman–Crippen MR) is 81.2 cm³/mol. The molecule has 92 valence electrons. The van der Waals surface area contributed by atoms with Crippen molar-refractivity contribution in [3.8, 4) is 5.75 Å². The van der Waals surface area contributed by atoms with Crippen molar-refractivity contribution in [3.05, 3.63) is 55.1 Å². The van der Waals surface area contributed by atoms with Gasteiger partial charge < -0.3 is 5.11 Å². The van der Waals surface area contributed by atoms with Gasteiger partial charge in [-0.15, -0.1) is 11.3 Å². The third-order valence-corrected chi connectivity index (χ3v) is 4.35. The Morgan fingerprint density at radius 1 is 1.22 bits per heavy atom. The molecule has 0 radical (unpaired) electrons. The highest BCUT2D eigenvalue weighted by atomic mass is 79.9. The Balaban J connectivity index is 2.20. The molecule has 18 heavy (non-hydrogen) atoms. The van der Waals surface area contributed by atoms with Crippen LogP contribution in [0.2, 0.25) is 0 Å². The Hall–Kier alpha value is -0.910. The van der Waals surface area contributed by atoms with Crippen LogP contribution in [-0.4, -0.2) is 10.9 Å². The zero-order valence-electron chi connectivity index (χ0n) is 9.06. The monoisotopic (exact) mass is 386 g/mol. The lowest BCUT2D eigenvalue weighted by atomic mass is 10.1. The molecular weight excluding hydrogens is 380 g/mol. The van der Waals surface area contributed by atoms with Gasteiger partial charge >= 0.3 is 0 Å². The van der Waals surface area contributed by atoms with Gasteiger partial charge in [0, 0.05) is 10.0 Å². The van der Waals surface area contributed by atoms with Crippen LogP contribution in [0.15, 0.2) is 44.7 Å². The van der Waals surface area contributed by atoms with E-state index in [1.807, 2.05) is 6.07 Å². The van der Waals surface area contributed by atoms with E-state index in [2.05, 4.69) is 31.9 Å². The molecule has 0 aliphatic carbocycles. The highest BCUT2D eigenvalue weighted by Gasteiger charge is 2.05. The summed E-state index contributed by atoms with van der Waals surface area (Å²) in [5.74, 6) is 0.0692. The van der Waals surface area contributed by atoms with Crippen LogP contribution in [-0.2, 0) is 0 Å². The molecule has 1 aromatic carbocycles. The molecule has 1 aromatic heterocycles. The first-order chi connectivity index (χ1) is 8.56. The largest absolute Gasteiger partial charge is 0.507 e. The Morgan fingerprint density at radius 3 is 2.67 bits per heavy atom. The van der Waals surface area contributed by atoms with Crippen molar-refractivity contribution >= 4 is 55.1 Å². The number of benzene rings is 1. The van der Waals surface area contributed by atoms with Gasteiger partial charge in [-0.3, -0.25) is 4.79 Å². The minimum Gasteiger partial charge on any atom is -0.507 e. The highest BCUT2D eigenvalue weighted by Crippen LogP contribution is 2.25. The molecule has 0 bridgehead atoms. The summed E-state index contributed by atoms with van der Waals surface area (Å²) in [5.41, 5.74) is 0.605. The first-order valence-electron chi connectivity index (χ1n) is 5.02. The van der Waals surface area contributed by atoms with Crippen LogP contribution in [0, 0.1) is 0 Å². The third kappa shape index (κ3) is 3.31. The molecule has 0 spiro atoms. The molecule has 0 aliphatic heterocycles. The molecule has 1 N–H and O–H groups in total. The number of hydrogen-bond donors (Lipinski definition) is 1. The summed E-state index contributed by atoms with van der Waals surface area (Å²) >= 11 is 8.01. The van der Waals surface area contributed by atoms with E-state index in [0.717, 1.165) is 8.26 Å². The average molecular weight is 388 g/mol. The minimum absolute atomic E-state index is 0.0786. The fraction of sp³-hybridized carbons (Fsp3) is 0. The summed E-state index contributed by atoms with van der Waals surface area (Å²) < 4.78 is 1.77. The van der Waals surface area contributed by atoms with E-state index in [1.54, 1.807) is 30.3 Å². The zero-order chi connectivity index (χ0) is 13.1. The lowest BCUT2D eigenvalue weighted by molar-refractivity contribution is 0.105. The molecule has 1 heterocycles. The molecule has 2 aromatic rings. The molecule has 0 saturated carbocycles. The number of phenolic OH excluding ortho intramolecular Hbond substituents is 1. The number of phenols is 1. The molecule has 2 nitrogen and oxygen atoms in total. The first kappa shape index (κ1) is 13.5. The number of carbonyl (C=O) groups excluding carboxylic acids is 1. The van der Waals surface area contributed by atoms with E-state index < -0.39 is 0 Å². The molecule has 0 saturated heterocycles. The van der Waals surface area contributed by atoms with Crippen LogP contribution in [0.25, 0.3) is 6.08 Å². The lowest BCUT2D eigenvalue weighted by Crippen LogP contribution is -1.88. The maximum atomic E-state index is 11.8. The van der Waals surface area contributed by atoms with Gasteiger partial charge in [-0.25, -0.2) is 0 Å². The van der Waals surface area contributed by atoms with Gasteiger partial charge in [0.15, 0.2) is 5.78 Å². The number of halogens is 2. The van der Waals surface area contributed by atoms with Crippen molar-refractivity contribution in [1.82, 2.24) is 0 Å². The Kier molecular flexibility index (Phi) is 4.37. The lowest BCUT2D eigenvalue weighted by Gasteiger charge is -1.99. The second-order valence-electron chi connectivity index (χ2n) is 3.50. The van der Waals surface area contributed by atoms with E-state index in [9.17, 15) is 9.90 Å². The number of ketones is 1. The summed E-state index contributed by atoms with van der Waals surface area (Å²) in [7, 11) is 0. The van der Waals surface area contributed by atoms with Crippen molar-refractivity contribution < 1.29 is 9.90 Å². The van der Waals surface area contributed by atoms with Crippen LogP contribution in [0.4, 0.5) is 0 Å². The van der Waals surface area contributed by atoms with Crippen LogP contribution < -0.4 is 0 Å². The van der Waals surface area contributed by atoms with Crippen molar-refractivity contribution in [1.29, 1.82) is 0 Å². The number of rotatable bonds is 3. The third-order valence-electron chi connectivity index (χ3n) is 2.22. The molecule has 0 unspecified atom stereocenters. The van der Waals surface area contributed by atoms with Crippen LogP contribution in [0.1, 0.15) is 15.2 Å². The highest BCUT2D eigenvalue weighted by molar-refractivity contribution is 9.11. The first-order valence-corrected chi connectivity index (χ1v) is 7.43. The number of thiophene rings is 1. The Morgan fingerprint density at radius 2 is 2.00 bits per heavy atom. The molecule has 0 atom stereocenters. The number of allylic oxidation sites excluding steroid dienone is 1. The summed E-state index contributed by atoms with van der Waals surface area (Å²) in [6.07, 6.45) is 3.07. The Labute approximate surface area is 125 Å². The van der Waals surface area contributed by atoms with E-state index in [4.69, 9.17) is 0 Å². The van der Waals surface area contributed by atoms with E-state index in [-0.39, 0.29) is 11.5 Å². The summed E-state index contributed by atoms with van der Waals surface area (Å²) in [5, 5.41) is 9.63. The maximum absolute atomic E-state index is 11.8. The second kappa shape index (κ2) is 5.82. The van der Waals surface area contributed by atoms with E-state index in [1.165, 1.54) is 17.4 Å². The van der Waals surface area contributed by atoms with Crippen LogP contribution in [0.5, 0.6) is 5.75 Å². The Bertz CT molecular complexity index is 617.